The normalized spacial score (nSPS) is 12.4. The highest BCUT2D eigenvalue weighted by molar-refractivity contribution is 7.13. The summed E-state index contributed by atoms with van der Waals surface area (Å²) in [4.78, 5) is 12.5. The molecule has 1 atom stereocenters. The van der Waals surface area contributed by atoms with Crippen LogP contribution in [0.5, 0.6) is 0 Å². The van der Waals surface area contributed by atoms with Crippen molar-refractivity contribution < 1.29 is 9.90 Å². The van der Waals surface area contributed by atoms with E-state index in [9.17, 15) is 9.90 Å². The summed E-state index contributed by atoms with van der Waals surface area (Å²) in [6, 6.07) is 9.03. The maximum absolute atomic E-state index is 10.7. The summed E-state index contributed by atoms with van der Waals surface area (Å²) in [6.45, 7) is 1.96. The largest absolute Gasteiger partial charge is 0.388 e. The van der Waals surface area contributed by atoms with E-state index in [1.54, 1.807) is 12.1 Å². The van der Waals surface area contributed by atoms with Gasteiger partial charge in [0.1, 0.15) is 0 Å². The molecule has 0 fully saturated rings. The van der Waals surface area contributed by atoms with Gasteiger partial charge in [0.25, 0.3) is 0 Å². The van der Waals surface area contributed by atoms with Gasteiger partial charge < -0.3 is 5.11 Å². The van der Waals surface area contributed by atoms with E-state index in [1.165, 1.54) is 11.3 Å². The molecular formula is C14H13ClO2S. The first-order chi connectivity index (χ1) is 8.60. The highest BCUT2D eigenvalue weighted by Gasteiger charge is 2.13. The molecule has 0 radical (unpaired) electrons. The lowest BCUT2D eigenvalue weighted by molar-refractivity contribution is 0.112. The van der Waals surface area contributed by atoms with Crippen molar-refractivity contribution in [2.45, 2.75) is 19.4 Å². The molecule has 0 spiro atoms. The Morgan fingerprint density at radius 1 is 1.44 bits per heavy atom. The minimum absolute atomic E-state index is 0.497. The number of carbonyl (C=O) groups is 1. The van der Waals surface area contributed by atoms with E-state index in [1.807, 2.05) is 25.1 Å². The minimum atomic E-state index is -0.600. The zero-order valence-electron chi connectivity index (χ0n) is 9.89. The third-order valence-electron chi connectivity index (χ3n) is 2.80. The van der Waals surface area contributed by atoms with Gasteiger partial charge in [-0.1, -0.05) is 23.7 Å². The van der Waals surface area contributed by atoms with Gasteiger partial charge in [0, 0.05) is 16.3 Å². The van der Waals surface area contributed by atoms with Gasteiger partial charge >= 0.3 is 0 Å². The molecule has 0 aliphatic carbocycles. The summed E-state index contributed by atoms with van der Waals surface area (Å²) in [6.07, 6.45) is 0.736. The second-order valence-corrected chi connectivity index (χ2v) is 5.85. The maximum Gasteiger partial charge on any atom is 0.160 e. The van der Waals surface area contributed by atoms with E-state index in [0.29, 0.717) is 16.3 Å². The molecular weight excluding hydrogens is 268 g/mol. The molecule has 18 heavy (non-hydrogen) atoms. The number of hydrogen-bond donors (Lipinski definition) is 1. The highest BCUT2D eigenvalue weighted by Crippen LogP contribution is 2.26. The molecule has 4 heteroatoms. The van der Waals surface area contributed by atoms with Crippen molar-refractivity contribution in [3.63, 3.8) is 0 Å². The molecule has 2 rings (SSSR count). The lowest BCUT2D eigenvalue weighted by Crippen LogP contribution is -2.01. The predicted octanol–water partition coefficient (Wildman–Crippen LogP) is 3.80. The van der Waals surface area contributed by atoms with Crippen LogP contribution < -0.4 is 0 Å². The van der Waals surface area contributed by atoms with Crippen LogP contribution in [0.25, 0.3) is 0 Å². The van der Waals surface area contributed by atoms with Crippen LogP contribution in [0.3, 0.4) is 0 Å². The van der Waals surface area contributed by atoms with Crippen LogP contribution in [0.2, 0.25) is 5.02 Å². The molecule has 94 valence electrons. The molecule has 1 heterocycles. The zero-order valence-corrected chi connectivity index (χ0v) is 11.5. The molecule has 1 N–H and O–H groups in total. The van der Waals surface area contributed by atoms with Crippen LogP contribution in [0, 0.1) is 6.92 Å². The lowest BCUT2D eigenvalue weighted by Gasteiger charge is -2.11. The summed E-state index contributed by atoms with van der Waals surface area (Å²) in [5.41, 5.74) is 1.80. The lowest BCUT2D eigenvalue weighted by atomic mass is 10.0. The van der Waals surface area contributed by atoms with Gasteiger partial charge in [0.05, 0.1) is 11.0 Å². The number of carbonyl (C=O) groups excluding carboxylic acids is 1. The van der Waals surface area contributed by atoms with Gasteiger partial charge in [-0.15, -0.1) is 11.3 Å². The average Bonchev–Trinajstić information content (AvgIpc) is 2.70. The van der Waals surface area contributed by atoms with Gasteiger partial charge in [-0.25, -0.2) is 0 Å². The Hall–Kier alpha value is -1.16. The van der Waals surface area contributed by atoms with Crippen molar-refractivity contribution in [2.75, 3.05) is 0 Å². The zero-order chi connectivity index (χ0) is 13.1. The molecule has 0 saturated carbocycles. The van der Waals surface area contributed by atoms with Crippen LogP contribution in [0.1, 0.15) is 31.8 Å². The minimum Gasteiger partial charge on any atom is -0.388 e. The molecule has 2 nitrogen and oxygen atoms in total. The molecule has 0 aliphatic rings. The fourth-order valence-electron chi connectivity index (χ4n) is 1.85. The van der Waals surface area contributed by atoms with E-state index < -0.39 is 6.10 Å². The number of hydrogen-bond acceptors (Lipinski definition) is 3. The molecule has 0 bridgehead atoms. The van der Waals surface area contributed by atoms with Crippen molar-refractivity contribution >= 4 is 29.2 Å². The maximum atomic E-state index is 10.7. The first-order valence-electron chi connectivity index (χ1n) is 5.58. The Bertz CT molecular complexity index is 563. The van der Waals surface area contributed by atoms with E-state index in [0.717, 1.165) is 22.3 Å². The second kappa shape index (κ2) is 5.65. The average molecular weight is 281 g/mol. The molecule has 1 aromatic carbocycles. The van der Waals surface area contributed by atoms with Gasteiger partial charge in [0.2, 0.25) is 0 Å². The van der Waals surface area contributed by atoms with Crippen molar-refractivity contribution in [1.82, 2.24) is 0 Å². The SMILES string of the molecule is Cc1sc(C=O)cc1CC(O)c1cccc(Cl)c1. The Morgan fingerprint density at radius 2 is 2.22 bits per heavy atom. The van der Waals surface area contributed by atoms with Crippen molar-refractivity contribution in [3.05, 3.63) is 56.2 Å². The first kappa shape index (κ1) is 13.3. The molecule has 1 unspecified atom stereocenters. The van der Waals surface area contributed by atoms with Crippen LogP contribution >= 0.6 is 22.9 Å². The van der Waals surface area contributed by atoms with Crippen LogP contribution in [-0.4, -0.2) is 11.4 Å². The number of aryl methyl sites for hydroxylation is 1. The van der Waals surface area contributed by atoms with Crippen LogP contribution in [-0.2, 0) is 6.42 Å². The topological polar surface area (TPSA) is 37.3 Å². The molecule has 2 aromatic rings. The number of aliphatic hydroxyl groups excluding tert-OH is 1. The summed E-state index contributed by atoms with van der Waals surface area (Å²) in [5, 5.41) is 10.8. The van der Waals surface area contributed by atoms with Gasteiger partial charge in [0.15, 0.2) is 6.29 Å². The Balaban J connectivity index is 2.18. The van der Waals surface area contributed by atoms with E-state index in [4.69, 9.17) is 11.6 Å². The number of rotatable bonds is 4. The molecule has 1 aromatic heterocycles. The summed E-state index contributed by atoms with van der Waals surface area (Å²) in [5.74, 6) is 0. The number of halogens is 1. The van der Waals surface area contributed by atoms with E-state index in [-0.39, 0.29) is 0 Å². The Morgan fingerprint density at radius 3 is 2.83 bits per heavy atom. The third kappa shape index (κ3) is 2.99. The number of aliphatic hydroxyl groups is 1. The first-order valence-corrected chi connectivity index (χ1v) is 6.77. The van der Waals surface area contributed by atoms with E-state index in [2.05, 4.69) is 0 Å². The number of benzene rings is 1. The summed E-state index contributed by atoms with van der Waals surface area (Å²) >= 11 is 7.34. The number of thiophene rings is 1. The fraction of sp³-hybridized carbons (Fsp3) is 0.214. The third-order valence-corrected chi connectivity index (χ3v) is 4.06. The van der Waals surface area contributed by atoms with Gasteiger partial charge in [-0.2, -0.15) is 0 Å². The smallest absolute Gasteiger partial charge is 0.160 e. The van der Waals surface area contributed by atoms with Crippen molar-refractivity contribution in [2.24, 2.45) is 0 Å². The number of aldehydes is 1. The molecule has 0 aliphatic heterocycles. The monoisotopic (exact) mass is 280 g/mol. The Labute approximate surface area is 115 Å². The van der Waals surface area contributed by atoms with Crippen LogP contribution in [0.4, 0.5) is 0 Å². The Kier molecular flexibility index (Phi) is 4.17. The predicted molar refractivity (Wildman–Crippen MR) is 74.6 cm³/mol. The molecule has 0 saturated heterocycles. The summed E-state index contributed by atoms with van der Waals surface area (Å²) < 4.78 is 0. The second-order valence-electron chi connectivity index (χ2n) is 4.12. The highest BCUT2D eigenvalue weighted by atomic mass is 35.5. The van der Waals surface area contributed by atoms with Crippen molar-refractivity contribution in [1.29, 1.82) is 0 Å². The van der Waals surface area contributed by atoms with Gasteiger partial charge in [-0.05, 0) is 36.2 Å². The molecule has 0 amide bonds. The van der Waals surface area contributed by atoms with Crippen LogP contribution in [0.15, 0.2) is 30.3 Å². The summed E-state index contributed by atoms with van der Waals surface area (Å²) in [7, 11) is 0. The standard InChI is InChI=1S/C14H13ClO2S/c1-9-11(6-13(8-16)18-9)7-14(17)10-3-2-4-12(15)5-10/h2-6,8,14,17H,7H2,1H3. The van der Waals surface area contributed by atoms with Gasteiger partial charge in [-0.3, -0.25) is 4.79 Å². The fourth-order valence-corrected chi connectivity index (χ4v) is 2.92. The van der Waals surface area contributed by atoms with Crippen molar-refractivity contribution in [3.8, 4) is 0 Å². The quantitative estimate of drug-likeness (QED) is 0.865. The van der Waals surface area contributed by atoms with E-state index >= 15 is 0 Å².